The topological polar surface area (TPSA) is 47.6 Å². The van der Waals surface area contributed by atoms with E-state index in [1.807, 2.05) is 26.0 Å². The van der Waals surface area contributed by atoms with Crippen LogP contribution in [-0.2, 0) is 11.2 Å². The first-order valence-corrected chi connectivity index (χ1v) is 6.94. The van der Waals surface area contributed by atoms with E-state index in [-0.39, 0.29) is 17.9 Å². The molecule has 1 amide bonds. The number of hydrogen-bond acceptors (Lipinski definition) is 3. The molecule has 0 aromatic heterocycles. The largest absolute Gasteiger partial charge is 0.492 e. The van der Waals surface area contributed by atoms with Crippen LogP contribution >= 0.6 is 0 Å². The van der Waals surface area contributed by atoms with Crippen LogP contribution in [0.4, 0.5) is 5.69 Å². The molecule has 2 aliphatic rings. The maximum atomic E-state index is 11.9. The second kappa shape index (κ2) is 4.76. The van der Waals surface area contributed by atoms with Gasteiger partial charge >= 0.3 is 0 Å². The maximum absolute atomic E-state index is 11.9. The number of anilines is 1. The van der Waals surface area contributed by atoms with Crippen LogP contribution in [0, 0.1) is 5.92 Å². The summed E-state index contributed by atoms with van der Waals surface area (Å²) in [5.74, 6) is 1.88. The monoisotopic (exact) mass is 261 g/mol. The lowest BCUT2D eigenvalue weighted by atomic mass is 10.1. The Labute approximate surface area is 113 Å². The van der Waals surface area contributed by atoms with Gasteiger partial charge in [-0.15, -0.1) is 0 Å². The molecule has 1 saturated carbocycles. The van der Waals surface area contributed by atoms with Crippen molar-refractivity contribution in [2.24, 2.45) is 5.92 Å². The molecule has 19 heavy (non-hydrogen) atoms. The Morgan fingerprint density at radius 3 is 2.95 bits per heavy atom. The standard InChI is InChI=1S/C15H19NO3/c1-3-18-14-7-11-6-9(2)19-13(11)8-12(14)16-15(17)10-4-5-10/h7-10H,3-6H2,1-2H3,(H,16,17). The van der Waals surface area contributed by atoms with Crippen LogP contribution in [0.3, 0.4) is 0 Å². The Morgan fingerprint density at radius 2 is 2.26 bits per heavy atom. The van der Waals surface area contributed by atoms with E-state index >= 15 is 0 Å². The minimum Gasteiger partial charge on any atom is -0.492 e. The first-order valence-electron chi connectivity index (χ1n) is 6.94. The molecule has 1 heterocycles. The van der Waals surface area contributed by atoms with Gasteiger partial charge in [-0.1, -0.05) is 0 Å². The molecule has 102 valence electrons. The fourth-order valence-electron chi connectivity index (χ4n) is 2.39. The van der Waals surface area contributed by atoms with E-state index in [0.29, 0.717) is 6.61 Å². The molecule has 1 aromatic rings. The van der Waals surface area contributed by atoms with Crippen LogP contribution in [-0.4, -0.2) is 18.6 Å². The number of carbonyl (C=O) groups excluding carboxylic acids is 1. The summed E-state index contributed by atoms with van der Waals surface area (Å²) in [5, 5.41) is 2.96. The van der Waals surface area contributed by atoms with Crippen molar-refractivity contribution in [2.45, 2.75) is 39.2 Å². The van der Waals surface area contributed by atoms with Gasteiger partial charge in [0.05, 0.1) is 12.3 Å². The zero-order chi connectivity index (χ0) is 13.4. The molecule has 1 aliphatic carbocycles. The Hall–Kier alpha value is -1.71. The summed E-state index contributed by atoms with van der Waals surface area (Å²) >= 11 is 0. The third kappa shape index (κ3) is 2.53. The Morgan fingerprint density at radius 1 is 1.47 bits per heavy atom. The van der Waals surface area contributed by atoms with Gasteiger partial charge in [-0.3, -0.25) is 4.79 Å². The van der Waals surface area contributed by atoms with Crippen LogP contribution in [0.2, 0.25) is 0 Å². The Bertz CT molecular complexity index is 508. The lowest BCUT2D eigenvalue weighted by molar-refractivity contribution is -0.117. The predicted molar refractivity (Wildman–Crippen MR) is 72.8 cm³/mol. The van der Waals surface area contributed by atoms with E-state index in [1.54, 1.807) is 0 Å². The smallest absolute Gasteiger partial charge is 0.227 e. The van der Waals surface area contributed by atoms with E-state index in [2.05, 4.69) is 5.32 Å². The van der Waals surface area contributed by atoms with E-state index in [9.17, 15) is 4.79 Å². The molecule has 3 rings (SSSR count). The lowest BCUT2D eigenvalue weighted by Crippen LogP contribution is -2.14. The molecular formula is C15H19NO3. The van der Waals surface area contributed by atoms with Gasteiger partial charge in [0.1, 0.15) is 17.6 Å². The molecule has 4 heteroatoms. The van der Waals surface area contributed by atoms with Gasteiger partial charge in [-0.05, 0) is 32.8 Å². The Kier molecular flexibility index (Phi) is 3.09. The number of rotatable bonds is 4. The van der Waals surface area contributed by atoms with E-state index < -0.39 is 0 Å². The first kappa shape index (κ1) is 12.3. The summed E-state index contributed by atoms with van der Waals surface area (Å²) in [6.07, 6.45) is 3.08. The lowest BCUT2D eigenvalue weighted by Gasteiger charge is -2.13. The molecule has 0 saturated heterocycles. The predicted octanol–water partition coefficient (Wildman–Crippen LogP) is 2.76. The summed E-state index contributed by atoms with van der Waals surface area (Å²) in [4.78, 5) is 11.9. The summed E-state index contributed by atoms with van der Waals surface area (Å²) in [7, 11) is 0. The van der Waals surface area contributed by atoms with Gasteiger partial charge in [0.2, 0.25) is 5.91 Å². The van der Waals surface area contributed by atoms with Crippen LogP contribution in [0.1, 0.15) is 32.3 Å². The van der Waals surface area contributed by atoms with Crippen molar-refractivity contribution in [2.75, 3.05) is 11.9 Å². The van der Waals surface area contributed by atoms with Crippen molar-refractivity contribution in [3.8, 4) is 11.5 Å². The summed E-state index contributed by atoms with van der Waals surface area (Å²) < 4.78 is 11.4. The van der Waals surface area contributed by atoms with Crippen molar-refractivity contribution in [3.63, 3.8) is 0 Å². The fourth-order valence-corrected chi connectivity index (χ4v) is 2.39. The minimum atomic E-state index is 0.0898. The van der Waals surface area contributed by atoms with Crippen molar-refractivity contribution < 1.29 is 14.3 Å². The molecule has 1 unspecified atom stereocenters. The van der Waals surface area contributed by atoms with Crippen LogP contribution in [0.15, 0.2) is 12.1 Å². The average molecular weight is 261 g/mol. The fraction of sp³-hybridized carbons (Fsp3) is 0.533. The molecular weight excluding hydrogens is 242 g/mol. The number of ether oxygens (including phenoxy) is 2. The van der Waals surface area contributed by atoms with Gasteiger partial charge in [-0.25, -0.2) is 0 Å². The van der Waals surface area contributed by atoms with E-state index in [0.717, 1.165) is 42.0 Å². The molecule has 1 aromatic carbocycles. The number of fused-ring (bicyclic) bond motifs is 1. The van der Waals surface area contributed by atoms with Crippen LogP contribution in [0.5, 0.6) is 11.5 Å². The maximum Gasteiger partial charge on any atom is 0.227 e. The highest BCUT2D eigenvalue weighted by Crippen LogP contribution is 2.39. The van der Waals surface area contributed by atoms with E-state index in [1.165, 1.54) is 0 Å². The second-order valence-corrected chi connectivity index (χ2v) is 5.29. The quantitative estimate of drug-likeness (QED) is 0.906. The molecule has 1 atom stereocenters. The molecule has 0 bridgehead atoms. The van der Waals surface area contributed by atoms with Crippen molar-refractivity contribution in [1.29, 1.82) is 0 Å². The highest BCUT2D eigenvalue weighted by molar-refractivity contribution is 5.95. The second-order valence-electron chi connectivity index (χ2n) is 5.29. The zero-order valence-electron chi connectivity index (χ0n) is 11.4. The summed E-state index contributed by atoms with van der Waals surface area (Å²) in [6, 6.07) is 3.88. The van der Waals surface area contributed by atoms with Crippen LogP contribution in [0.25, 0.3) is 0 Å². The molecule has 4 nitrogen and oxygen atoms in total. The molecule has 1 fully saturated rings. The van der Waals surface area contributed by atoms with Gasteiger partial charge < -0.3 is 14.8 Å². The third-order valence-electron chi connectivity index (χ3n) is 3.50. The van der Waals surface area contributed by atoms with Gasteiger partial charge in [0, 0.05) is 24.0 Å². The number of carbonyl (C=O) groups is 1. The third-order valence-corrected chi connectivity index (χ3v) is 3.50. The van der Waals surface area contributed by atoms with Gasteiger partial charge in [-0.2, -0.15) is 0 Å². The minimum absolute atomic E-state index is 0.0898. The number of hydrogen-bond donors (Lipinski definition) is 1. The highest BCUT2D eigenvalue weighted by Gasteiger charge is 2.31. The van der Waals surface area contributed by atoms with Crippen LogP contribution < -0.4 is 14.8 Å². The summed E-state index contributed by atoms with van der Waals surface area (Å²) in [6.45, 7) is 4.57. The molecule has 1 N–H and O–H groups in total. The number of nitrogens with one attached hydrogen (secondary N) is 1. The number of amides is 1. The van der Waals surface area contributed by atoms with Crippen molar-refractivity contribution in [1.82, 2.24) is 0 Å². The molecule has 0 radical (unpaired) electrons. The Balaban J connectivity index is 1.87. The average Bonchev–Trinajstić information content (AvgIpc) is 3.13. The molecule has 1 aliphatic heterocycles. The first-order chi connectivity index (χ1) is 9.17. The van der Waals surface area contributed by atoms with Gasteiger partial charge in [0.25, 0.3) is 0 Å². The molecule has 0 spiro atoms. The number of benzene rings is 1. The normalized spacial score (nSPS) is 20.6. The summed E-state index contributed by atoms with van der Waals surface area (Å²) in [5.41, 5.74) is 1.88. The SMILES string of the molecule is CCOc1cc2c(cc1NC(=O)C1CC1)OC(C)C2. The van der Waals surface area contributed by atoms with Crippen molar-refractivity contribution in [3.05, 3.63) is 17.7 Å². The van der Waals surface area contributed by atoms with Crippen molar-refractivity contribution >= 4 is 11.6 Å². The van der Waals surface area contributed by atoms with E-state index in [4.69, 9.17) is 9.47 Å². The highest BCUT2D eigenvalue weighted by atomic mass is 16.5. The zero-order valence-corrected chi connectivity index (χ0v) is 11.4. The van der Waals surface area contributed by atoms with Gasteiger partial charge in [0.15, 0.2) is 0 Å².